The van der Waals surface area contributed by atoms with Gasteiger partial charge in [-0.15, -0.1) is 0 Å². The lowest BCUT2D eigenvalue weighted by Crippen LogP contribution is -2.54. The van der Waals surface area contributed by atoms with Crippen molar-refractivity contribution in [2.75, 3.05) is 13.6 Å². The minimum Gasteiger partial charge on any atom is -0.302 e. The molecule has 3 saturated carbocycles. The van der Waals surface area contributed by atoms with E-state index in [9.17, 15) is 0 Å². The van der Waals surface area contributed by atoms with E-state index >= 15 is 0 Å². The maximum absolute atomic E-state index is 2.54. The van der Waals surface area contributed by atoms with Crippen molar-refractivity contribution in [2.45, 2.75) is 39.7 Å². The summed E-state index contributed by atoms with van der Waals surface area (Å²) < 4.78 is 1.31. The zero-order chi connectivity index (χ0) is 18.3. The highest BCUT2D eigenvalue weighted by atomic mass is 127. The van der Waals surface area contributed by atoms with E-state index < -0.39 is 0 Å². The van der Waals surface area contributed by atoms with Crippen LogP contribution in [0.15, 0.2) is 48.5 Å². The lowest BCUT2D eigenvalue weighted by molar-refractivity contribution is -0.110. The Hall–Kier alpha value is -0.870. The molecule has 3 atom stereocenters. The normalized spacial score (nSPS) is 26.6. The molecule has 5 rings (SSSR count). The molecule has 0 aliphatic heterocycles. The third-order valence-electron chi connectivity index (χ3n) is 7.14. The van der Waals surface area contributed by atoms with E-state index in [0.29, 0.717) is 5.41 Å². The Kier molecular flexibility index (Phi) is 5.17. The van der Waals surface area contributed by atoms with Gasteiger partial charge < -0.3 is 4.90 Å². The predicted molar refractivity (Wildman–Crippen MR) is 119 cm³/mol. The number of benzene rings is 2. The second kappa shape index (κ2) is 7.27. The quantitative estimate of drug-likeness (QED) is 0.464. The second-order valence-electron chi connectivity index (χ2n) is 9.07. The minimum absolute atomic E-state index is 0.595. The summed E-state index contributed by atoms with van der Waals surface area (Å²) >= 11 is 2.42. The Morgan fingerprint density at radius 1 is 1.04 bits per heavy atom. The van der Waals surface area contributed by atoms with Crippen molar-refractivity contribution in [3.63, 3.8) is 0 Å². The standard InChI is InChI=1S/C24H30IN/c1-24(2)20-13-12-19(22(24)14-20)16-26(3)15-17-8-10-18(11-9-17)21-6-4-5-7-23(21)25/h4-11,19-20,22H,12-16H2,1-3H3/t19-,20-,22-/m0/s1. The zero-order valence-electron chi connectivity index (χ0n) is 16.2. The Morgan fingerprint density at radius 2 is 1.77 bits per heavy atom. The van der Waals surface area contributed by atoms with E-state index in [-0.39, 0.29) is 0 Å². The first-order chi connectivity index (χ1) is 12.4. The van der Waals surface area contributed by atoms with Gasteiger partial charge in [0.1, 0.15) is 0 Å². The minimum atomic E-state index is 0.595. The average Bonchev–Trinajstić information content (AvgIpc) is 2.63. The SMILES string of the molecule is CN(Cc1ccc(-c2ccccc2I)cc1)C[C@@H]1CC[C@H]2C[C@@H]1C2(C)C. The molecule has 0 saturated heterocycles. The van der Waals surface area contributed by atoms with Crippen molar-refractivity contribution >= 4 is 22.6 Å². The molecule has 2 aromatic carbocycles. The van der Waals surface area contributed by atoms with Crippen molar-refractivity contribution < 1.29 is 0 Å². The predicted octanol–water partition coefficient (Wildman–Crippen LogP) is 6.46. The Balaban J connectivity index is 1.38. The van der Waals surface area contributed by atoms with Gasteiger partial charge in [-0.25, -0.2) is 0 Å². The average molecular weight is 459 g/mol. The summed E-state index contributed by atoms with van der Waals surface area (Å²) in [5, 5.41) is 0. The highest BCUT2D eigenvalue weighted by molar-refractivity contribution is 14.1. The van der Waals surface area contributed by atoms with Gasteiger partial charge in [-0.3, -0.25) is 0 Å². The maximum Gasteiger partial charge on any atom is 0.0230 e. The Labute approximate surface area is 172 Å². The Bertz CT molecular complexity index is 762. The van der Waals surface area contributed by atoms with Crippen LogP contribution in [0.2, 0.25) is 0 Å². The van der Waals surface area contributed by atoms with Gasteiger partial charge in [0.2, 0.25) is 0 Å². The summed E-state index contributed by atoms with van der Waals surface area (Å²) in [4.78, 5) is 2.54. The summed E-state index contributed by atoms with van der Waals surface area (Å²) in [5.41, 5.74) is 4.66. The third-order valence-corrected chi connectivity index (χ3v) is 8.08. The molecule has 0 spiro atoms. The van der Waals surface area contributed by atoms with Gasteiger partial charge >= 0.3 is 0 Å². The maximum atomic E-state index is 2.54. The van der Waals surface area contributed by atoms with Crippen molar-refractivity contribution in [3.8, 4) is 11.1 Å². The van der Waals surface area contributed by atoms with Crippen LogP contribution >= 0.6 is 22.6 Å². The fourth-order valence-electron chi connectivity index (χ4n) is 5.44. The molecule has 0 N–H and O–H groups in total. The molecule has 26 heavy (non-hydrogen) atoms. The number of hydrogen-bond donors (Lipinski definition) is 0. The van der Waals surface area contributed by atoms with E-state index in [1.54, 1.807) is 0 Å². The summed E-state index contributed by atoms with van der Waals surface area (Å²) in [7, 11) is 2.30. The van der Waals surface area contributed by atoms with Gasteiger partial charge in [-0.05, 0) is 94.8 Å². The molecule has 0 heterocycles. The third kappa shape index (κ3) is 3.47. The van der Waals surface area contributed by atoms with Crippen LogP contribution in [-0.4, -0.2) is 18.5 Å². The van der Waals surface area contributed by atoms with Gasteiger partial charge in [0, 0.05) is 16.7 Å². The van der Waals surface area contributed by atoms with Crippen LogP contribution in [0.3, 0.4) is 0 Å². The molecule has 3 aliphatic rings. The van der Waals surface area contributed by atoms with Crippen LogP contribution in [0, 0.1) is 26.7 Å². The van der Waals surface area contributed by atoms with E-state index in [2.05, 4.69) is 96.9 Å². The van der Waals surface area contributed by atoms with Crippen molar-refractivity contribution in [1.29, 1.82) is 0 Å². The van der Waals surface area contributed by atoms with Crippen LogP contribution in [0.5, 0.6) is 0 Å². The van der Waals surface area contributed by atoms with E-state index in [0.717, 1.165) is 24.3 Å². The monoisotopic (exact) mass is 459 g/mol. The van der Waals surface area contributed by atoms with Gasteiger partial charge in [0.15, 0.2) is 0 Å². The lowest BCUT2D eigenvalue weighted by Gasteiger charge is -2.60. The fraction of sp³-hybridized carbons (Fsp3) is 0.500. The van der Waals surface area contributed by atoms with E-state index in [4.69, 9.17) is 0 Å². The molecule has 0 radical (unpaired) electrons. The molecule has 0 aromatic heterocycles. The van der Waals surface area contributed by atoms with Crippen LogP contribution < -0.4 is 0 Å². The van der Waals surface area contributed by atoms with Crippen molar-refractivity contribution in [2.24, 2.45) is 23.2 Å². The van der Waals surface area contributed by atoms with E-state index in [1.807, 2.05) is 0 Å². The molecule has 3 fully saturated rings. The van der Waals surface area contributed by atoms with Gasteiger partial charge in [0.05, 0.1) is 0 Å². The first kappa shape index (κ1) is 18.5. The molecule has 3 aliphatic carbocycles. The number of nitrogens with zero attached hydrogens (tertiary/aromatic N) is 1. The Morgan fingerprint density at radius 3 is 2.42 bits per heavy atom. The van der Waals surface area contributed by atoms with Gasteiger partial charge in [0.25, 0.3) is 0 Å². The molecule has 2 bridgehead atoms. The number of hydrogen-bond acceptors (Lipinski definition) is 1. The largest absolute Gasteiger partial charge is 0.302 e. The number of rotatable bonds is 5. The molecule has 1 nitrogen and oxygen atoms in total. The first-order valence-electron chi connectivity index (χ1n) is 9.97. The molecule has 138 valence electrons. The number of halogens is 1. The highest BCUT2D eigenvalue weighted by Crippen LogP contribution is 2.61. The smallest absolute Gasteiger partial charge is 0.0230 e. The summed E-state index contributed by atoms with van der Waals surface area (Å²) in [5.74, 6) is 2.85. The molecule has 0 unspecified atom stereocenters. The molecular weight excluding hydrogens is 429 g/mol. The lowest BCUT2D eigenvalue weighted by atomic mass is 9.45. The first-order valence-corrected chi connectivity index (χ1v) is 11.1. The summed E-state index contributed by atoms with van der Waals surface area (Å²) in [6, 6.07) is 17.8. The molecule has 2 aromatic rings. The molecule has 0 amide bonds. The van der Waals surface area contributed by atoms with E-state index in [1.165, 1.54) is 46.1 Å². The summed E-state index contributed by atoms with van der Waals surface area (Å²) in [6.45, 7) is 7.31. The summed E-state index contributed by atoms with van der Waals surface area (Å²) in [6.07, 6.45) is 4.37. The van der Waals surface area contributed by atoms with Gasteiger partial charge in [-0.2, -0.15) is 0 Å². The van der Waals surface area contributed by atoms with Crippen molar-refractivity contribution in [1.82, 2.24) is 4.90 Å². The highest BCUT2D eigenvalue weighted by Gasteiger charge is 2.53. The van der Waals surface area contributed by atoms with Crippen LogP contribution in [0.1, 0.15) is 38.7 Å². The van der Waals surface area contributed by atoms with Crippen LogP contribution in [0.4, 0.5) is 0 Å². The van der Waals surface area contributed by atoms with Crippen molar-refractivity contribution in [3.05, 3.63) is 57.7 Å². The van der Waals surface area contributed by atoms with Crippen LogP contribution in [-0.2, 0) is 6.54 Å². The fourth-order valence-corrected chi connectivity index (χ4v) is 6.14. The second-order valence-corrected chi connectivity index (χ2v) is 10.2. The topological polar surface area (TPSA) is 3.24 Å². The number of fused-ring (bicyclic) bond motifs is 2. The van der Waals surface area contributed by atoms with Crippen LogP contribution in [0.25, 0.3) is 11.1 Å². The molecule has 2 heteroatoms. The molecular formula is C24H30IN. The zero-order valence-corrected chi connectivity index (χ0v) is 18.4. The van der Waals surface area contributed by atoms with Gasteiger partial charge in [-0.1, -0.05) is 56.3 Å².